The summed E-state index contributed by atoms with van der Waals surface area (Å²) in [5, 5.41) is 3.60. The number of anilines is 1. The zero-order valence-electron chi connectivity index (χ0n) is 15.9. The van der Waals surface area contributed by atoms with Crippen LogP contribution in [-0.2, 0) is 10.2 Å². The van der Waals surface area contributed by atoms with Gasteiger partial charge < -0.3 is 10.2 Å². The maximum Gasteiger partial charge on any atom is 0.254 e. The van der Waals surface area contributed by atoms with Crippen molar-refractivity contribution in [2.24, 2.45) is 0 Å². The van der Waals surface area contributed by atoms with E-state index in [1.54, 1.807) is 4.90 Å². The zero-order valence-corrected chi connectivity index (χ0v) is 16.7. The van der Waals surface area contributed by atoms with Crippen molar-refractivity contribution in [1.82, 2.24) is 9.27 Å². The van der Waals surface area contributed by atoms with Crippen molar-refractivity contribution in [2.45, 2.75) is 52.0 Å². The van der Waals surface area contributed by atoms with E-state index in [0.717, 1.165) is 5.69 Å². The average Bonchev–Trinajstić information content (AvgIpc) is 2.97. The summed E-state index contributed by atoms with van der Waals surface area (Å²) in [6.07, 6.45) is 0.655. The van der Waals surface area contributed by atoms with Crippen LogP contribution in [0, 0.1) is 6.92 Å². The topological polar surface area (TPSA) is 62.3 Å². The third-order valence-corrected chi connectivity index (χ3v) is 5.81. The molecule has 1 aliphatic heterocycles. The van der Waals surface area contributed by atoms with Gasteiger partial charge in [0.15, 0.2) is 0 Å². The van der Waals surface area contributed by atoms with Crippen LogP contribution in [0.2, 0.25) is 0 Å². The Hall–Kier alpha value is -2.21. The van der Waals surface area contributed by atoms with Crippen LogP contribution in [0.15, 0.2) is 30.3 Å². The van der Waals surface area contributed by atoms with Crippen molar-refractivity contribution >= 4 is 28.3 Å². The Kier molecular flexibility index (Phi) is 4.65. The minimum Gasteiger partial charge on any atom is -0.324 e. The van der Waals surface area contributed by atoms with E-state index < -0.39 is 5.54 Å². The molecular formula is C20H25N3O2S. The van der Waals surface area contributed by atoms with Crippen LogP contribution in [0.4, 0.5) is 5.00 Å². The molecule has 1 saturated heterocycles. The number of carbonyl (C=O) groups excluding carboxylic acids is 2. The molecule has 2 aromatic rings. The van der Waals surface area contributed by atoms with Crippen LogP contribution < -0.4 is 5.32 Å². The van der Waals surface area contributed by atoms with E-state index in [4.69, 9.17) is 0 Å². The molecule has 0 spiro atoms. The molecule has 1 aliphatic rings. The van der Waals surface area contributed by atoms with E-state index in [9.17, 15) is 9.59 Å². The van der Waals surface area contributed by atoms with Crippen molar-refractivity contribution in [2.75, 3.05) is 11.9 Å². The maximum absolute atomic E-state index is 12.9. The molecule has 1 atom stereocenters. The quantitative estimate of drug-likeness (QED) is 0.887. The molecule has 138 valence electrons. The third-order valence-electron chi connectivity index (χ3n) is 5.01. The average molecular weight is 372 g/mol. The fraction of sp³-hybridized carbons (Fsp3) is 0.450. The lowest BCUT2D eigenvalue weighted by Crippen LogP contribution is -2.66. The highest BCUT2D eigenvalue weighted by Crippen LogP contribution is 2.34. The van der Waals surface area contributed by atoms with Crippen molar-refractivity contribution in [1.29, 1.82) is 0 Å². The Morgan fingerprint density at radius 1 is 1.23 bits per heavy atom. The fourth-order valence-corrected chi connectivity index (χ4v) is 3.72. The first-order chi connectivity index (χ1) is 12.1. The second-order valence-corrected chi connectivity index (χ2v) is 8.90. The lowest BCUT2D eigenvalue weighted by Gasteiger charge is -2.49. The summed E-state index contributed by atoms with van der Waals surface area (Å²) >= 11 is 1.25. The van der Waals surface area contributed by atoms with E-state index in [1.807, 2.05) is 44.2 Å². The standard InChI is InChI=1S/C20H25N3O2S/c1-13-12-16(26-22-13)21-18(25)20(5)10-11-23(20)17(24)14-6-8-15(9-7-14)19(2,3)4/h6-9,12H,10-11H2,1-5H3,(H,21,25). The molecule has 1 aromatic heterocycles. The van der Waals surface area contributed by atoms with Crippen LogP contribution in [0.3, 0.4) is 0 Å². The van der Waals surface area contributed by atoms with Crippen molar-refractivity contribution in [3.05, 3.63) is 47.2 Å². The van der Waals surface area contributed by atoms with Gasteiger partial charge in [0.25, 0.3) is 11.8 Å². The predicted octanol–water partition coefficient (Wildman–Crippen LogP) is 3.99. The van der Waals surface area contributed by atoms with E-state index in [0.29, 0.717) is 23.5 Å². The maximum atomic E-state index is 12.9. The van der Waals surface area contributed by atoms with E-state index in [1.165, 1.54) is 17.1 Å². The van der Waals surface area contributed by atoms with Crippen LogP contribution in [0.25, 0.3) is 0 Å². The van der Waals surface area contributed by atoms with E-state index in [2.05, 4.69) is 30.5 Å². The number of likely N-dealkylation sites (tertiary alicyclic amines) is 1. The summed E-state index contributed by atoms with van der Waals surface area (Å²) in [7, 11) is 0. The smallest absolute Gasteiger partial charge is 0.254 e. The Morgan fingerprint density at radius 3 is 2.35 bits per heavy atom. The molecule has 1 fully saturated rings. The van der Waals surface area contributed by atoms with E-state index in [-0.39, 0.29) is 17.2 Å². The Morgan fingerprint density at radius 2 is 1.88 bits per heavy atom. The molecule has 6 heteroatoms. The zero-order chi connectivity index (χ0) is 19.1. The predicted molar refractivity (Wildman–Crippen MR) is 105 cm³/mol. The van der Waals surface area contributed by atoms with Gasteiger partial charge in [-0.15, -0.1) is 0 Å². The summed E-state index contributed by atoms with van der Waals surface area (Å²) in [5.41, 5.74) is 1.89. The van der Waals surface area contributed by atoms with Gasteiger partial charge in [-0.3, -0.25) is 9.59 Å². The molecule has 0 saturated carbocycles. The van der Waals surface area contributed by atoms with Gasteiger partial charge in [-0.05, 0) is 61.0 Å². The van der Waals surface area contributed by atoms with Gasteiger partial charge in [0.05, 0.1) is 5.69 Å². The van der Waals surface area contributed by atoms with E-state index >= 15 is 0 Å². The van der Waals surface area contributed by atoms with Crippen LogP contribution in [0.1, 0.15) is 55.7 Å². The largest absolute Gasteiger partial charge is 0.324 e. The number of amides is 2. The lowest BCUT2D eigenvalue weighted by molar-refractivity contribution is -0.132. The molecule has 2 amide bonds. The fourth-order valence-electron chi connectivity index (χ4n) is 3.06. The first-order valence-electron chi connectivity index (χ1n) is 8.78. The van der Waals surface area contributed by atoms with Gasteiger partial charge in [0.1, 0.15) is 10.5 Å². The van der Waals surface area contributed by atoms with Gasteiger partial charge in [-0.2, -0.15) is 4.37 Å². The van der Waals surface area contributed by atoms with Crippen molar-refractivity contribution in [3.8, 4) is 0 Å². The Balaban J connectivity index is 1.74. The minimum atomic E-state index is -0.822. The van der Waals surface area contributed by atoms with Crippen molar-refractivity contribution < 1.29 is 9.59 Å². The van der Waals surface area contributed by atoms with Gasteiger partial charge in [0, 0.05) is 12.1 Å². The van der Waals surface area contributed by atoms with Gasteiger partial charge >= 0.3 is 0 Å². The molecule has 0 radical (unpaired) electrons. The first kappa shape index (κ1) is 18.6. The highest BCUT2D eigenvalue weighted by Gasteiger charge is 2.49. The molecule has 1 aromatic carbocycles. The summed E-state index contributed by atoms with van der Waals surface area (Å²) in [5.74, 6) is -0.262. The highest BCUT2D eigenvalue weighted by atomic mass is 32.1. The number of benzene rings is 1. The summed E-state index contributed by atoms with van der Waals surface area (Å²) in [6, 6.07) is 9.52. The minimum absolute atomic E-state index is 0.0413. The third kappa shape index (κ3) is 3.38. The number of nitrogens with one attached hydrogen (secondary N) is 1. The summed E-state index contributed by atoms with van der Waals surface area (Å²) in [6.45, 7) is 10.7. The highest BCUT2D eigenvalue weighted by molar-refractivity contribution is 7.10. The van der Waals surface area contributed by atoms with Gasteiger partial charge in [-0.25, -0.2) is 0 Å². The molecule has 5 nitrogen and oxygen atoms in total. The molecule has 1 N–H and O–H groups in total. The summed E-state index contributed by atoms with van der Waals surface area (Å²) < 4.78 is 4.17. The monoisotopic (exact) mass is 371 g/mol. The molecule has 0 bridgehead atoms. The SMILES string of the molecule is Cc1cc(NC(=O)C2(C)CCN2C(=O)c2ccc(C(C)(C)C)cc2)sn1. The number of hydrogen-bond donors (Lipinski definition) is 1. The second kappa shape index (κ2) is 6.50. The van der Waals surface area contributed by atoms with Crippen LogP contribution in [-0.4, -0.2) is 33.2 Å². The van der Waals surface area contributed by atoms with Gasteiger partial charge in [-0.1, -0.05) is 32.9 Å². The van der Waals surface area contributed by atoms with Crippen LogP contribution >= 0.6 is 11.5 Å². The Labute approximate surface area is 158 Å². The number of nitrogens with zero attached hydrogens (tertiary/aromatic N) is 2. The van der Waals surface area contributed by atoms with Crippen LogP contribution in [0.5, 0.6) is 0 Å². The normalized spacial score (nSPS) is 19.8. The van der Waals surface area contributed by atoms with Crippen molar-refractivity contribution in [3.63, 3.8) is 0 Å². The molecule has 0 aliphatic carbocycles. The first-order valence-corrected chi connectivity index (χ1v) is 9.56. The number of hydrogen-bond acceptors (Lipinski definition) is 4. The molecule has 2 heterocycles. The second-order valence-electron chi connectivity index (χ2n) is 8.09. The molecular weight excluding hydrogens is 346 g/mol. The Bertz CT molecular complexity index is 835. The number of aromatic nitrogens is 1. The number of rotatable bonds is 3. The summed E-state index contributed by atoms with van der Waals surface area (Å²) in [4.78, 5) is 27.3. The molecule has 26 heavy (non-hydrogen) atoms. The lowest BCUT2D eigenvalue weighted by atomic mass is 9.84. The molecule has 3 rings (SSSR count). The molecule has 1 unspecified atom stereocenters. The number of aryl methyl sites for hydroxylation is 1. The van der Waals surface area contributed by atoms with Gasteiger partial charge in [0.2, 0.25) is 0 Å². The number of carbonyl (C=O) groups is 2.